The SMILES string of the molecule is CCCOc1ccc(CNC(=O)c2ccn(-c3ccc(OC)cc3)n2)cc1OC. The van der Waals surface area contributed by atoms with Crippen molar-refractivity contribution in [2.24, 2.45) is 0 Å². The maximum atomic E-state index is 12.5. The number of nitrogens with one attached hydrogen (secondary N) is 1. The minimum absolute atomic E-state index is 0.248. The largest absolute Gasteiger partial charge is 0.497 e. The Balaban J connectivity index is 1.63. The number of benzene rings is 2. The van der Waals surface area contributed by atoms with Crippen LogP contribution in [0.3, 0.4) is 0 Å². The molecule has 1 amide bonds. The van der Waals surface area contributed by atoms with E-state index in [2.05, 4.69) is 10.4 Å². The number of hydrogen-bond acceptors (Lipinski definition) is 5. The third-order valence-corrected chi connectivity index (χ3v) is 4.30. The molecule has 1 N–H and O–H groups in total. The molecule has 0 radical (unpaired) electrons. The first kappa shape index (κ1) is 20.3. The highest BCUT2D eigenvalue weighted by atomic mass is 16.5. The molecule has 0 aliphatic carbocycles. The quantitative estimate of drug-likeness (QED) is 0.599. The van der Waals surface area contributed by atoms with Gasteiger partial charge in [0.25, 0.3) is 5.91 Å². The third kappa shape index (κ3) is 5.07. The van der Waals surface area contributed by atoms with Crippen LogP contribution in [0.2, 0.25) is 0 Å². The van der Waals surface area contributed by atoms with Crippen LogP contribution >= 0.6 is 0 Å². The summed E-state index contributed by atoms with van der Waals surface area (Å²) in [6.07, 6.45) is 2.67. The van der Waals surface area contributed by atoms with E-state index in [1.165, 1.54) is 0 Å². The smallest absolute Gasteiger partial charge is 0.272 e. The minimum atomic E-state index is -0.248. The summed E-state index contributed by atoms with van der Waals surface area (Å²) in [6, 6.07) is 14.8. The standard InChI is InChI=1S/C22H25N3O4/c1-4-13-29-20-10-5-16(14-21(20)28-3)15-23-22(26)19-11-12-25(24-19)17-6-8-18(27-2)9-7-17/h5-12,14H,4,13,15H2,1-3H3,(H,23,26). The lowest BCUT2D eigenvalue weighted by Crippen LogP contribution is -2.23. The van der Waals surface area contributed by atoms with Crippen molar-refractivity contribution in [3.8, 4) is 22.9 Å². The first-order valence-corrected chi connectivity index (χ1v) is 9.42. The van der Waals surface area contributed by atoms with Crippen LogP contribution < -0.4 is 19.5 Å². The second-order valence-corrected chi connectivity index (χ2v) is 6.36. The highest BCUT2D eigenvalue weighted by Crippen LogP contribution is 2.28. The number of rotatable bonds is 9. The van der Waals surface area contributed by atoms with Crippen LogP contribution in [0.1, 0.15) is 29.4 Å². The van der Waals surface area contributed by atoms with Crippen molar-refractivity contribution in [3.63, 3.8) is 0 Å². The normalized spacial score (nSPS) is 10.4. The predicted octanol–water partition coefficient (Wildman–Crippen LogP) is 3.61. The summed E-state index contributed by atoms with van der Waals surface area (Å²) >= 11 is 0. The number of ether oxygens (including phenoxy) is 3. The molecule has 29 heavy (non-hydrogen) atoms. The average molecular weight is 395 g/mol. The van der Waals surface area contributed by atoms with E-state index >= 15 is 0 Å². The predicted molar refractivity (Wildman–Crippen MR) is 110 cm³/mol. The van der Waals surface area contributed by atoms with Gasteiger partial charge >= 0.3 is 0 Å². The van der Waals surface area contributed by atoms with Crippen molar-refractivity contribution >= 4 is 5.91 Å². The van der Waals surface area contributed by atoms with E-state index in [9.17, 15) is 4.79 Å². The monoisotopic (exact) mass is 395 g/mol. The number of aromatic nitrogens is 2. The van der Waals surface area contributed by atoms with Crippen LogP contribution in [0.5, 0.6) is 17.2 Å². The Labute approximate surface area is 170 Å². The molecule has 1 heterocycles. The Bertz CT molecular complexity index is 951. The maximum Gasteiger partial charge on any atom is 0.272 e. The summed E-state index contributed by atoms with van der Waals surface area (Å²) in [5, 5.41) is 7.23. The number of hydrogen-bond donors (Lipinski definition) is 1. The molecule has 0 unspecified atom stereocenters. The lowest BCUT2D eigenvalue weighted by molar-refractivity contribution is 0.0945. The van der Waals surface area contributed by atoms with Gasteiger partial charge in [-0.1, -0.05) is 13.0 Å². The van der Waals surface area contributed by atoms with E-state index in [4.69, 9.17) is 14.2 Å². The molecule has 1 aromatic heterocycles. The number of carbonyl (C=O) groups is 1. The van der Waals surface area contributed by atoms with Gasteiger partial charge in [0, 0.05) is 12.7 Å². The Morgan fingerprint density at radius 3 is 2.52 bits per heavy atom. The number of methoxy groups -OCH3 is 2. The molecule has 7 heteroatoms. The highest BCUT2D eigenvalue weighted by molar-refractivity contribution is 5.92. The highest BCUT2D eigenvalue weighted by Gasteiger charge is 2.11. The number of carbonyl (C=O) groups excluding carboxylic acids is 1. The van der Waals surface area contributed by atoms with Gasteiger partial charge in [0.2, 0.25) is 0 Å². The van der Waals surface area contributed by atoms with Crippen LogP contribution in [0.4, 0.5) is 0 Å². The molecule has 0 aliphatic rings. The van der Waals surface area contributed by atoms with Gasteiger partial charge in [0.15, 0.2) is 17.2 Å². The molecule has 0 saturated carbocycles. The van der Waals surface area contributed by atoms with Crippen molar-refractivity contribution in [1.29, 1.82) is 0 Å². The van der Waals surface area contributed by atoms with Gasteiger partial charge in [0.05, 0.1) is 26.5 Å². The lowest BCUT2D eigenvalue weighted by atomic mass is 10.2. The van der Waals surface area contributed by atoms with E-state index in [1.807, 2.05) is 49.4 Å². The molecule has 0 atom stereocenters. The van der Waals surface area contributed by atoms with Gasteiger partial charge in [-0.15, -0.1) is 0 Å². The summed E-state index contributed by atoms with van der Waals surface area (Å²) in [5.41, 5.74) is 2.10. The average Bonchev–Trinajstić information content (AvgIpc) is 3.26. The molecule has 7 nitrogen and oxygen atoms in total. The zero-order chi connectivity index (χ0) is 20.6. The van der Waals surface area contributed by atoms with Gasteiger partial charge in [0.1, 0.15) is 5.75 Å². The molecular weight excluding hydrogens is 370 g/mol. The summed E-state index contributed by atoms with van der Waals surface area (Å²) < 4.78 is 17.8. The zero-order valence-corrected chi connectivity index (χ0v) is 16.8. The fraction of sp³-hybridized carbons (Fsp3) is 0.273. The Hall–Kier alpha value is -3.48. The van der Waals surface area contributed by atoms with Gasteiger partial charge < -0.3 is 19.5 Å². The zero-order valence-electron chi connectivity index (χ0n) is 16.8. The van der Waals surface area contributed by atoms with Crippen LogP contribution in [-0.2, 0) is 6.54 Å². The van der Waals surface area contributed by atoms with Crippen molar-refractivity contribution in [3.05, 3.63) is 66.0 Å². The molecule has 3 rings (SSSR count). The summed E-state index contributed by atoms with van der Waals surface area (Å²) in [4.78, 5) is 12.5. The van der Waals surface area contributed by atoms with Gasteiger partial charge in [-0.3, -0.25) is 4.79 Å². The molecule has 0 saturated heterocycles. The van der Waals surface area contributed by atoms with Crippen molar-refractivity contribution in [2.45, 2.75) is 19.9 Å². The first-order chi connectivity index (χ1) is 14.1. The van der Waals surface area contributed by atoms with Gasteiger partial charge in [-0.2, -0.15) is 5.10 Å². The maximum absolute atomic E-state index is 12.5. The fourth-order valence-corrected chi connectivity index (χ4v) is 2.75. The molecule has 152 valence electrons. The summed E-state index contributed by atoms with van der Waals surface area (Å²) in [5.74, 6) is 1.86. The van der Waals surface area contributed by atoms with Crippen LogP contribution in [-0.4, -0.2) is 36.5 Å². The van der Waals surface area contributed by atoms with Crippen LogP contribution in [0.25, 0.3) is 5.69 Å². The third-order valence-electron chi connectivity index (χ3n) is 4.30. The van der Waals surface area contributed by atoms with Crippen LogP contribution in [0.15, 0.2) is 54.7 Å². The molecule has 2 aromatic carbocycles. The Morgan fingerprint density at radius 1 is 1.03 bits per heavy atom. The summed E-state index contributed by atoms with van der Waals surface area (Å²) in [7, 11) is 3.22. The van der Waals surface area contributed by atoms with E-state index < -0.39 is 0 Å². The van der Waals surface area contributed by atoms with E-state index in [0.717, 1.165) is 23.4 Å². The number of nitrogens with zero attached hydrogens (tertiary/aromatic N) is 2. The topological polar surface area (TPSA) is 74.6 Å². The molecule has 0 spiro atoms. The Morgan fingerprint density at radius 2 is 1.83 bits per heavy atom. The van der Waals surface area contributed by atoms with E-state index in [-0.39, 0.29) is 5.91 Å². The minimum Gasteiger partial charge on any atom is -0.497 e. The van der Waals surface area contributed by atoms with Crippen molar-refractivity contribution in [1.82, 2.24) is 15.1 Å². The van der Waals surface area contributed by atoms with E-state index in [0.29, 0.717) is 30.3 Å². The molecular formula is C22H25N3O4. The first-order valence-electron chi connectivity index (χ1n) is 9.42. The Kier molecular flexibility index (Phi) is 6.73. The number of amides is 1. The fourth-order valence-electron chi connectivity index (χ4n) is 2.75. The lowest BCUT2D eigenvalue weighted by Gasteiger charge is -2.12. The van der Waals surface area contributed by atoms with Gasteiger partial charge in [-0.05, 0) is 54.4 Å². The van der Waals surface area contributed by atoms with Gasteiger partial charge in [-0.25, -0.2) is 4.68 Å². The molecule has 0 aliphatic heterocycles. The molecule has 0 bridgehead atoms. The second kappa shape index (κ2) is 9.64. The summed E-state index contributed by atoms with van der Waals surface area (Å²) in [6.45, 7) is 3.04. The van der Waals surface area contributed by atoms with Crippen molar-refractivity contribution < 1.29 is 19.0 Å². The molecule has 3 aromatic rings. The molecule has 0 fully saturated rings. The second-order valence-electron chi connectivity index (χ2n) is 6.36. The van der Waals surface area contributed by atoms with Crippen LogP contribution in [0, 0.1) is 0 Å². The van der Waals surface area contributed by atoms with E-state index in [1.54, 1.807) is 31.2 Å². The van der Waals surface area contributed by atoms with Crippen molar-refractivity contribution in [2.75, 3.05) is 20.8 Å².